The molecule has 0 bridgehead atoms. The van der Waals surface area contributed by atoms with Gasteiger partial charge in [-0.05, 0) is 92.6 Å². The Morgan fingerprint density at radius 2 is 1.39 bits per heavy atom. The highest BCUT2D eigenvalue weighted by Crippen LogP contribution is 2.42. The molecular formula is C27H42O. The van der Waals surface area contributed by atoms with Crippen LogP contribution < -0.4 is 0 Å². The van der Waals surface area contributed by atoms with Gasteiger partial charge in [0.2, 0.25) is 0 Å². The second-order valence-electron chi connectivity index (χ2n) is 9.58. The van der Waals surface area contributed by atoms with E-state index < -0.39 is 0 Å². The van der Waals surface area contributed by atoms with Crippen molar-refractivity contribution in [3.05, 3.63) is 48.0 Å². The zero-order valence-electron chi connectivity index (χ0n) is 18.2. The summed E-state index contributed by atoms with van der Waals surface area (Å²) < 4.78 is 5.19. The zero-order chi connectivity index (χ0) is 19.6. The number of benzene rings is 1. The number of allylic oxidation sites excluding steroid dienone is 1. The first kappa shape index (κ1) is 21.6. The summed E-state index contributed by atoms with van der Waals surface area (Å²) in [6.07, 6.45) is 20.8. The lowest BCUT2D eigenvalue weighted by Gasteiger charge is -2.37. The van der Waals surface area contributed by atoms with E-state index in [1.165, 1.54) is 94.6 Å². The van der Waals surface area contributed by atoms with Crippen molar-refractivity contribution in [3.63, 3.8) is 0 Å². The monoisotopic (exact) mass is 382 g/mol. The fourth-order valence-corrected chi connectivity index (χ4v) is 5.81. The van der Waals surface area contributed by atoms with Crippen LogP contribution in [0.4, 0.5) is 0 Å². The van der Waals surface area contributed by atoms with Gasteiger partial charge in [-0.1, -0.05) is 56.0 Å². The summed E-state index contributed by atoms with van der Waals surface area (Å²) in [5, 5.41) is 0. The normalized spacial score (nSPS) is 28.2. The third-order valence-corrected chi connectivity index (χ3v) is 7.61. The van der Waals surface area contributed by atoms with Crippen LogP contribution in [0.15, 0.2) is 36.9 Å². The maximum absolute atomic E-state index is 5.19. The number of hydrogen-bond acceptors (Lipinski definition) is 1. The summed E-state index contributed by atoms with van der Waals surface area (Å²) in [6, 6.07) is 8.99. The van der Waals surface area contributed by atoms with Gasteiger partial charge in [0.25, 0.3) is 0 Å². The molecule has 2 fully saturated rings. The van der Waals surface area contributed by atoms with E-state index in [2.05, 4.69) is 36.9 Å². The van der Waals surface area contributed by atoms with Crippen LogP contribution in [0, 0.1) is 23.7 Å². The third kappa shape index (κ3) is 6.76. The smallest absolute Gasteiger partial charge is 0.0713 e. The van der Waals surface area contributed by atoms with Crippen molar-refractivity contribution < 1.29 is 4.74 Å². The van der Waals surface area contributed by atoms with Gasteiger partial charge >= 0.3 is 0 Å². The summed E-state index contributed by atoms with van der Waals surface area (Å²) in [4.78, 5) is 0. The van der Waals surface area contributed by atoms with Crippen LogP contribution in [-0.4, -0.2) is 7.11 Å². The number of hydrogen-bond donors (Lipinski definition) is 0. The lowest BCUT2D eigenvalue weighted by Crippen LogP contribution is -2.25. The van der Waals surface area contributed by atoms with E-state index in [9.17, 15) is 0 Å². The topological polar surface area (TPSA) is 9.23 Å². The van der Waals surface area contributed by atoms with E-state index in [1.54, 1.807) is 7.11 Å². The Balaban J connectivity index is 1.27. The van der Waals surface area contributed by atoms with Crippen LogP contribution in [0.3, 0.4) is 0 Å². The molecule has 1 aromatic carbocycles. The van der Waals surface area contributed by atoms with E-state index in [4.69, 9.17) is 4.74 Å². The third-order valence-electron chi connectivity index (χ3n) is 7.61. The maximum Gasteiger partial charge on any atom is 0.0713 e. The first-order chi connectivity index (χ1) is 13.8. The molecule has 0 heterocycles. The fourth-order valence-electron chi connectivity index (χ4n) is 5.81. The Morgan fingerprint density at radius 3 is 1.96 bits per heavy atom. The molecule has 2 aliphatic rings. The molecule has 0 spiro atoms. The van der Waals surface area contributed by atoms with Crippen molar-refractivity contribution in [1.82, 2.24) is 0 Å². The average molecular weight is 383 g/mol. The van der Waals surface area contributed by atoms with Gasteiger partial charge in [-0.15, -0.1) is 6.58 Å². The highest BCUT2D eigenvalue weighted by atomic mass is 16.5. The molecule has 2 aliphatic carbocycles. The van der Waals surface area contributed by atoms with Gasteiger partial charge in [0.05, 0.1) is 6.61 Å². The fraction of sp³-hybridized carbons (Fsp3) is 0.704. The number of unbranched alkanes of at least 4 members (excludes halogenated alkanes) is 1. The van der Waals surface area contributed by atoms with Gasteiger partial charge in [-0.3, -0.25) is 0 Å². The van der Waals surface area contributed by atoms with Crippen LogP contribution in [-0.2, 0) is 17.8 Å². The summed E-state index contributed by atoms with van der Waals surface area (Å²) >= 11 is 0. The lowest BCUT2D eigenvalue weighted by molar-refractivity contribution is 0.143. The molecule has 0 aromatic heterocycles. The van der Waals surface area contributed by atoms with Gasteiger partial charge in [-0.25, -0.2) is 0 Å². The number of ether oxygens (including phenoxy) is 1. The molecule has 3 rings (SSSR count). The van der Waals surface area contributed by atoms with Gasteiger partial charge in [0.15, 0.2) is 0 Å². The Bertz CT molecular complexity index is 544. The molecule has 1 heteroatoms. The first-order valence-corrected chi connectivity index (χ1v) is 12.0. The molecule has 0 atom stereocenters. The Hall–Kier alpha value is -1.08. The molecule has 1 nitrogen and oxygen atoms in total. The van der Waals surface area contributed by atoms with Gasteiger partial charge in [-0.2, -0.15) is 0 Å². The molecule has 0 aliphatic heterocycles. The average Bonchev–Trinajstić information content (AvgIpc) is 2.74. The summed E-state index contributed by atoms with van der Waals surface area (Å²) in [5.41, 5.74) is 2.76. The number of rotatable bonds is 10. The van der Waals surface area contributed by atoms with E-state index in [1.807, 2.05) is 0 Å². The summed E-state index contributed by atoms with van der Waals surface area (Å²) in [7, 11) is 1.76. The quantitative estimate of drug-likeness (QED) is 0.297. The molecule has 2 saturated carbocycles. The van der Waals surface area contributed by atoms with E-state index in [0.29, 0.717) is 0 Å². The highest BCUT2D eigenvalue weighted by molar-refractivity contribution is 5.22. The van der Waals surface area contributed by atoms with E-state index in [-0.39, 0.29) is 0 Å². The molecule has 156 valence electrons. The molecule has 0 amide bonds. The Kier molecular flexibility index (Phi) is 9.12. The molecule has 1 aromatic rings. The summed E-state index contributed by atoms with van der Waals surface area (Å²) in [5.74, 6) is 4.05. The van der Waals surface area contributed by atoms with E-state index >= 15 is 0 Å². The van der Waals surface area contributed by atoms with E-state index in [0.717, 1.165) is 30.3 Å². The minimum Gasteiger partial charge on any atom is -0.380 e. The molecule has 28 heavy (non-hydrogen) atoms. The Labute approximate surface area is 174 Å². The minimum atomic E-state index is 0.721. The molecular weight excluding hydrogens is 340 g/mol. The van der Waals surface area contributed by atoms with Crippen LogP contribution >= 0.6 is 0 Å². The second kappa shape index (κ2) is 11.8. The second-order valence-corrected chi connectivity index (χ2v) is 9.58. The molecule has 0 unspecified atom stereocenters. The zero-order valence-corrected chi connectivity index (χ0v) is 18.2. The predicted molar refractivity (Wildman–Crippen MR) is 120 cm³/mol. The SMILES string of the molecule is C=CCC1CCC(C2CCC(CCCCc3ccc(COC)cc3)CC2)CC1. The van der Waals surface area contributed by atoms with Crippen molar-refractivity contribution in [2.45, 2.75) is 90.1 Å². The largest absolute Gasteiger partial charge is 0.380 e. The lowest BCUT2D eigenvalue weighted by atomic mass is 9.68. The highest BCUT2D eigenvalue weighted by Gasteiger charge is 2.30. The number of aryl methyl sites for hydroxylation is 1. The van der Waals surface area contributed by atoms with Gasteiger partial charge < -0.3 is 4.74 Å². The minimum absolute atomic E-state index is 0.721. The van der Waals surface area contributed by atoms with Gasteiger partial charge in [0.1, 0.15) is 0 Å². The van der Waals surface area contributed by atoms with Gasteiger partial charge in [0, 0.05) is 7.11 Å². The maximum atomic E-state index is 5.19. The predicted octanol–water partition coefficient (Wildman–Crippen LogP) is 7.73. The van der Waals surface area contributed by atoms with Crippen LogP contribution in [0.25, 0.3) is 0 Å². The van der Waals surface area contributed by atoms with Crippen LogP contribution in [0.1, 0.15) is 88.2 Å². The standard InChI is InChI=1S/C27H42O/c1-3-6-22-13-17-26(18-14-22)27-19-15-24(16-20-27)8-5-4-7-23-9-11-25(12-10-23)21-28-2/h3,9-12,22,24,26-27H,1,4-8,13-21H2,2H3. The van der Waals surface area contributed by atoms with Crippen molar-refractivity contribution in [2.75, 3.05) is 7.11 Å². The molecule has 0 saturated heterocycles. The van der Waals surface area contributed by atoms with Crippen molar-refractivity contribution in [3.8, 4) is 0 Å². The van der Waals surface area contributed by atoms with Crippen molar-refractivity contribution in [1.29, 1.82) is 0 Å². The number of methoxy groups -OCH3 is 1. The van der Waals surface area contributed by atoms with Crippen molar-refractivity contribution in [2.24, 2.45) is 23.7 Å². The van der Waals surface area contributed by atoms with Crippen LogP contribution in [0.5, 0.6) is 0 Å². The first-order valence-electron chi connectivity index (χ1n) is 12.0. The Morgan fingerprint density at radius 1 is 0.821 bits per heavy atom. The molecule has 0 radical (unpaired) electrons. The van der Waals surface area contributed by atoms with Crippen molar-refractivity contribution >= 4 is 0 Å². The van der Waals surface area contributed by atoms with Crippen LogP contribution in [0.2, 0.25) is 0 Å². The summed E-state index contributed by atoms with van der Waals surface area (Å²) in [6.45, 7) is 4.65. The molecule has 0 N–H and O–H groups in total.